The van der Waals surface area contributed by atoms with Gasteiger partial charge in [0.2, 0.25) is 0 Å². The zero-order valence-corrected chi connectivity index (χ0v) is 12.0. The first-order valence-electron chi connectivity index (χ1n) is 6.33. The lowest BCUT2D eigenvalue weighted by molar-refractivity contribution is 0.00558. The van der Waals surface area contributed by atoms with E-state index in [1.807, 2.05) is 17.5 Å². The lowest BCUT2D eigenvalue weighted by Gasteiger charge is -2.13. The van der Waals surface area contributed by atoms with Gasteiger partial charge in [-0.05, 0) is 30.0 Å². The summed E-state index contributed by atoms with van der Waals surface area (Å²) in [6.07, 6.45) is -0.783. The van der Waals surface area contributed by atoms with E-state index in [1.165, 1.54) is 0 Å². The van der Waals surface area contributed by atoms with E-state index in [9.17, 15) is 9.50 Å². The molecular formula is C15H17FO3S. The smallest absolute Gasteiger partial charge is 0.167 e. The highest BCUT2D eigenvalue weighted by Gasteiger charge is 2.10. The number of aliphatic hydroxyl groups is 1. The van der Waals surface area contributed by atoms with Crippen LogP contribution in [-0.4, -0.2) is 24.4 Å². The van der Waals surface area contributed by atoms with Crippen molar-refractivity contribution in [2.45, 2.75) is 19.6 Å². The Morgan fingerprint density at radius 2 is 2.10 bits per heavy atom. The van der Waals surface area contributed by atoms with Gasteiger partial charge in [-0.25, -0.2) is 4.39 Å². The second kappa shape index (κ2) is 7.38. The van der Waals surface area contributed by atoms with E-state index in [-0.39, 0.29) is 24.8 Å². The monoisotopic (exact) mass is 296 g/mol. The van der Waals surface area contributed by atoms with Gasteiger partial charge in [0.1, 0.15) is 12.7 Å². The number of thiophene rings is 1. The fourth-order valence-electron chi connectivity index (χ4n) is 1.66. The van der Waals surface area contributed by atoms with E-state index in [0.717, 1.165) is 4.88 Å². The minimum Gasteiger partial charge on any atom is -0.488 e. The summed E-state index contributed by atoms with van der Waals surface area (Å²) in [7, 11) is 0. The van der Waals surface area contributed by atoms with Gasteiger partial charge in [0, 0.05) is 4.88 Å². The maximum Gasteiger partial charge on any atom is 0.167 e. The Labute approximate surface area is 121 Å². The molecule has 1 atom stereocenters. The Morgan fingerprint density at radius 1 is 1.25 bits per heavy atom. The van der Waals surface area contributed by atoms with Crippen molar-refractivity contribution in [1.29, 1.82) is 0 Å². The molecule has 0 saturated heterocycles. The van der Waals surface area contributed by atoms with Gasteiger partial charge in [-0.2, -0.15) is 0 Å². The zero-order chi connectivity index (χ0) is 14.4. The Kier molecular flexibility index (Phi) is 5.52. The van der Waals surface area contributed by atoms with E-state index >= 15 is 0 Å². The summed E-state index contributed by atoms with van der Waals surface area (Å²) in [6.45, 7) is 2.30. The quantitative estimate of drug-likeness (QED) is 0.853. The van der Waals surface area contributed by atoms with Crippen LogP contribution in [0.25, 0.3) is 0 Å². The molecule has 20 heavy (non-hydrogen) atoms. The highest BCUT2D eigenvalue weighted by molar-refractivity contribution is 7.09. The summed E-state index contributed by atoms with van der Waals surface area (Å²) in [5.41, 5.74) is 0.519. The van der Waals surface area contributed by atoms with Gasteiger partial charge in [0.15, 0.2) is 11.6 Å². The third kappa shape index (κ3) is 4.30. The van der Waals surface area contributed by atoms with E-state index in [4.69, 9.17) is 9.47 Å². The van der Waals surface area contributed by atoms with Gasteiger partial charge < -0.3 is 14.6 Å². The third-order valence-electron chi connectivity index (χ3n) is 2.72. The van der Waals surface area contributed by atoms with E-state index < -0.39 is 6.10 Å². The number of hydrogen-bond acceptors (Lipinski definition) is 4. The summed E-state index contributed by atoms with van der Waals surface area (Å²) in [5, 5.41) is 11.7. The van der Waals surface area contributed by atoms with E-state index in [1.54, 1.807) is 36.5 Å². The van der Waals surface area contributed by atoms with Crippen molar-refractivity contribution in [2.24, 2.45) is 0 Å². The SMILES string of the molecule is Cc1cccc(OCC(O)COCc2cccs2)c1F. The fraction of sp³-hybridized carbons (Fsp3) is 0.333. The minimum absolute atomic E-state index is 0.00478. The second-order valence-corrected chi connectivity index (χ2v) is 5.48. The first kappa shape index (κ1) is 15.0. The molecule has 0 aliphatic heterocycles. The predicted molar refractivity (Wildman–Crippen MR) is 76.6 cm³/mol. The van der Waals surface area contributed by atoms with Crippen molar-refractivity contribution in [3.05, 3.63) is 52.0 Å². The van der Waals surface area contributed by atoms with Gasteiger partial charge in [0.25, 0.3) is 0 Å². The zero-order valence-electron chi connectivity index (χ0n) is 11.2. The molecule has 0 bridgehead atoms. The summed E-state index contributed by atoms with van der Waals surface area (Å²) in [5.74, 6) is -0.235. The van der Waals surface area contributed by atoms with Crippen molar-refractivity contribution in [1.82, 2.24) is 0 Å². The highest BCUT2D eigenvalue weighted by atomic mass is 32.1. The summed E-state index contributed by atoms with van der Waals surface area (Å²) in [6, 6.07) is 8.84. The first-order valence-corrected chi connectivity index (χ1v) is 7.21. The number of benzene rings is 1. The largest absolute Gasteiger partial charge is 0.488 e. The van der Waals surface area contributed by atoms with Gasteiger partial charge in [-0.15, -0.1) is 11.3 Å². The molecule has 0 aliphatic carbocycles. The highest BCUT2D eigenvalue weighted by Crippen LogP contribution is 2.19. The van der Waals surface area contributed by atoms with Crippen molar-refractivity contribution >= 4 is 11.3 Å². The van der Waals surface area contributed by atoms with Crippen LogP contribution >= 0.6 is 11.3 Å². The minimum atomic E-state index is -0.783. The Morgan fingerprint density at radius 3 is 2.85 bits per heavy atom. The van der Waals surface area contributed by atoms with Crippen LogP contribution in [0.2, 0.25) is 0 Å². The van der Waals surface area contributed by atoms with Crippen LogP contribution in [0.1, 0.15) is 10.4 Å². The van der Waals surface area contributed by atoms with Crippen LogP contribution in [0.15, 0.2) is 35.7 Å². The molecule has 0 fully saturated rings. The molecule has 1 aromatic heterocycles. The van der Waals surface area contributed by atoms with Gasteiger partial charge in [-0.3, -0.25) is 0 Å². The average Bonchev–Trinajstić information content (AvgIpc) is 2.94. The molecule has 1 unspecified atom stereocenters. The predicted octanol–water partition coefficient (Wildman–Crippen LogP) is 3.15. The Balaban J connectivity index is 1.72. The lowest BCUT2D eigenvalue weighted by atomic mass is 10.2. The van der Waals surface area contributed by atoms with E-state index in [2.05, 4.69) is 0 Å². The van der Waals surface area contributed by atoms with E-state index in [0.29, 0.717) is 12.2 Å². The molecule has 108 valence electrons. The average molecular weight is 296 g/mol. The normalized spacial score (nSPS) is 12.3. The van der Waals surface area contributed by atoms with Crippen LogP contribution in [0, 0.1) is 12.7 Å². The van der Waals surface area contributed by atoms with Gasteiger partial charge in [-0.1, -0.05) is 18.2 Å². The molecule has 0 amide bonds. The van der Waals surface area contributed by atoms with Crippen LogP contribution in [0.3, 0.4) is 0 Å². The molecular weight excluding hydrogens is 279 g/mol. The summed E-state index contributed by atoms with van der Waals surface area (Å²) >= 11 is 1.60. The van der Waals surface area contributed by atoms with Crippen molar-refractivity contribution in [3.8, 4) is 5.75 Å². The molecule has 0 radical (unpaired) electrons. The van der Waals surface area contributed by atoms with Gasteiger partial charge in [0.05, 0.1) is 13.2 Å². The van der Waals surface area contributed by atoms with Crippen molar-refractivity contribution < 1.29 is 19.0 Å². The van der Waals surface area contributed by atoms with Gasteiger partial charge >= 0.3 is 0 Å². The number of aliphatic hydroxyl groups excluding tert-OH is 1. The number of rotatable bonds is 7. The molecule has 2 aromatic rings. The van der Waals surface area contributed by atoms with Crippen LogP contribution in [-0.2, 0) is 11.3 Å². The number of ether oxygens (including phenoxy) is 2. The topological polar surface area (TPSA) is 38.7 Å². The van der Waals surface area contributed by atoms with Crippen molar-refractivity contribution in [2.75, 3.05) is 13.2 Å². The fourth-order valence-corrected chi connectivity index (χ4v) is 2.30. The Bertz CT molecular complexity index is 528. The van der Waals surface area contributed by atoms with Crippen molar-refractivity contribution in [3.63, 3.8) is 0 Å². The third-order valence-corrected chi connectivity index (χ3v) is 3.57. The molecule has 1 aromatic carbocycles. The standard InChI is InChI=1S/C15H17FO3S/c1-11-4-2-6-14(15(11)16)19-9-12(17)8-18-10-13-5-3-7-20-13/h2-7,12,17H,8-10H2,1H3. The molecule has 0 spiro atoms. The van der Waals surface area contributed by atoms with Crippen LogP contribution in [0.4, 0.5) is 4.39 Å². The molecule has 3 nitrogen and oxygen atoms in total. The Hall–Kier alpha value is -1.43. The lowest BCUT2D eigenvalue weighted by Crippen LogP contribution is -2.23. The van der Waals surface area contributed by atoms with Crippen LogP contribution in [0.5, 0.6) is 5.75 Å². The molecule has 1 heterocycles. The second-order valence-electron chi connectivity index (χ2n) is 4.45. The van der Waals surface area contributed by atoms with Crippen LogP contribution < -0.4 is 4.74 Å². The maximum absolute atomic E-state index is 13.7. The molecule has 0 aliphatic rings. The maximum atomic E-state index is 13.7. The number of halogens is 1. The first-order chi connectivity index (χ1) is 9.66. The number of hydrogen-bond donors (Lipinski definition) is 1. The summed E-state index contributed by atoms with van der Waals surface area (Å²) in [4.78, 5) is 1.10. The molecule has 1 N–H and O–H groups in total. The number of aryl methyl sites for hydroxylation is 1. The molecule has 2 rings (SSSR count). The molecule has 5 heteroatoms. The summed E-state index contributed by atoms with van der Waals surface area (Å²) < 4.78 is 24.3. The molecule has 0 saturated carbocycles.